The smallest absolute Gasteiger partial charge is 0.178 e. The van der Waals surface area contributed by atoms with E-state index in [1.165, 1.54) is 37.1 Å². The Hall–Kier alpha value is -7.72. The Bertz CT molecular complexity index is 1650. The molecule has 0 saturated carbocycles. The van der Waals surface area contributed by atoms with Crippen LogP contribution >= 0.6 is 11.8 Å². The number of hydrogen-bond acceptors (Lipinski definition) is 16. The van der Waals surface area contributed by atoms with Crippen molar-refractivity contribution in [1.82, 2.24) is 5.32 Å². The first kappa shape index (κ1) is 59.3. The highest BCUT2D eigenvalue weighted by atomic mass is 32.2. The van der Waals surface area contributed by atoms with E-state index in [0.29, 0.717) is 13.2 Å². The van der Waals surface area contributed by atoms with E-state index in [2.05, 4.69) is 169 Å². The fourth-order valence-electron chi connectivity index (χ4n) is 4.29. The Balaban J connectivity index is 0.000000377. The maximum atomic E-state index is 10.3. The number of carbonyl (C=O) groups is 2. The third kappa shape index (κ3) is 51.1. The molecule has 15 nitrogen and oxygen atoms in total. The van der Waals surface area contributed by atoms with Crippen molar-refractivity contribution in [2.24, 2.45) is 55.8 Å². The van der Waals surface area contributed by atoms with Crippen molar-refractivity contribution < 1.29 is 14.3 Å². The lowest BCUT2D eigenvalue weighted by Gasteiger charge is -1.92. The molecule has 0 unspecified atom stereocenters. The third-order valence-electron chi connectivity index (χ3n) is 7.53. The van der Waals surface area contributed by atoms with Gasteiger partial charge in [-0.15, -0.1) is 16.9 Å². The average molecular weight is 951 g/mol. The van der Waals surface area contributed by atoms with Crippen molar-refractivity contribution in [2.45, 2.75) is 64.2 Å². The van der Waals surface area contributed by atoms with Gasteiger partial charge in [0.25, 0.3) is 0 Å². The minimum absolute atomic E-state index is 0.121. The van der Waals surface area contributed by atoms with Crippen LogP contribution in [0, 0.1) is 0 Å². The van der Waals surface area contributed by atoms with Crippen molar-refractivity contribution in [3.8, 4) is 0 Å². The molecule has 0 bridgehead atoms. The van der Waals surface area contributed by atoms with Crippen LogP contribution in [0.3, 0.4) is 0 Å². The predicted octanol–water partition coefficient (Wildman–Crippen LogP) is 12.6. The topological polar surface area (TPSA) is 191 Å². The molecule has 0 atom stereocenters. The number of carbonyl (C=O) groups excluding carboxylic acids is 2. The summed E-state index contributed by atoms with van der Waals surface area (Å²) in [5.74, 6) is -0.241. The first-order valence-electron chi connectivity index (χ1n) is 22.5. The molecule has 0 saturated heterocycles. The molecular formula is C53H66N12O3S. The molecule has 0 radical (unpaired) electrons. The molecular weight excluding hydrogens is 885 g/mol. The summed E-state index contributed by atoms with van der Waals surface area (Å²) in [6, 6.07) is 0. The molecule has 0 aromatic carbocycles. The number of hydrogen-bond donors (Lipinski definition) is 1. The second-order valence-electron chi connectivity index (χ2n) is 13.2. The van der Waals surface area contributed by atoms with Gasteiger partial charge in [-0.2, -0.15) is 25.5 Å². The summed E-state index contributed by atoms with van der Waals surface area (Å²) in [6.07, 6.45) is 77.2. The number of allylic oxidation sites excluding steroid dienone is 22. The summed E-state index contributed by atoms with van der Waals surface area (Å²) < 4.78 is 4.71. The van der Waals surface area contributed by atoms with Gasteiger partial charge in [0.1, 0.15) is 13.0 Å². The Morgan fingerprint density at radius 3 is 1.19 bits per heavy atom. The van der Waals surface area contributed by atoms with Crippen LogP contribution in [0.4, 0.5) is 0 Å². The highest BCUT2D eigenvalue weighted by Gasteiger charge is 1.98. The molecule has 0 amide bonds. The fraction of sp³-hybridized carbons (Fsp3) is 0.264. The van der Waals surface area contributed by atoms with E-state index in [4.69, 9.17) is 4.74 Å². The summed E-state index contributed by atoms with van der Waals surface area (Å²) in [4.78, 5) is 35.4. The van der Waals surface area contributed by atoms with Crippen molar-refractivity contribution in [1.29, 1.82) is 0 Å². The van der Waals surface area contributed by atoms with E-state index < -0.39 is 0 Å². The van der Waals surface area contributed by atoms with Gasteiger partial charge in [0.2, 0.25) is 0 Å². The Morgan fingerprint density at radius 2 is 1.01 bits per heavy atom. The molecule has 0 aromatic rings. The van der Waals surface area contributed by atoms with Gasteiger partial charge >= 0.3 is 0 Å². The van der Waals surface area contributed by atoms with Gasteiger partial charge in [0.15, 0.2) is 11.6 Å². The Kier molecular flexibility index (Phi) is 45.5. The predicted molar refractivity (Wildman–Crippen MR) is 294 cm³/mol. The fourth-order valence-corrected chi connectivity index (χ4v) is 4.82. The second-order valence-corrected chi connectivity index (χ2v) is 14.0. The third-order valence-corrected chi connectivity index (χ3v) is 8.23. The van der Waals surface area contributed by atoms with Crippen LogP contribution in [0.2, 0.25) is 0 Å². The molecule has 12 rings (SSSR count). The van der Waals surface area contributed by atoms with Gasteiger partial charge < -0.3 is 10.1 Å². The monoisotopic (exact) mass is 951 g/mol. The highest BCUT2D eigenvalue weighted by Crippen LogP contribution is 2.10. The van der Waals surface area contributed by atoms with Crippen molar-refractivity contribution in [3.63, 3.8) is 0 Å². The first-order valence-corrected chi connectivity index (χ1v) is 23.5. The number of ketones is 2. The molecule has 0 fully saturated rings. The van der Waals surface area contributed by atoms with Crippen molar-refractivity contribution in [3.05, 3.63) is 182 Å². The van der Waals surface area contributed by atoms with E-state index in [9.17, 15) is 9.59 Å². The van der Waals surface area contributed by atoms with Crippen LogP contribution in [-0.2, 0) is 14.3 Å². The molecule has 8 aliphatic heterocycles. The number of aliphatic imine (C=N–C) groups is 4. The van der Waals surface area contributed by atoms with E-state index in [0.717, 1.165) is 64.5 Å². The van der Waals surface area contributed by atoms with Gasteiger partial charge in [-0.05, 0) is 129 Å². The molecule has 0 spiro atoms. The summed E-state index contributed by atoms with van der Waals surface area (Å²) in [5.41, 5.74) is 0. The number of thioether (sulfide) groups is 1. The van der Waals surface area contributed by atoms with E-state index in [-0.39, 0.29) is 11.6 Å². The Morgan fingerprint density at radius 1 is 0.478 bits per heavy atom. The molecule has 4 aliphatic carbocycles. The molecule has 16 heteroatoms. The van der Waals surface area contributed by atoms with Gasteiger partial charge in [-0.1, -0.05) is 97.2 Å². The average Bonchev–Trinajstić information content (AvgIpc) is 4.32. The number of nitrogens with zero attached hydrogens (tertiary/aromatic N) is 11. The van der Waals surface area contributed by atoms with Crippen molar-refractivity contribution >= 4 is 67.0 Å². The quantitative estimate of drug-likeness (QED) is 0.186. The number of dihydropyridines is 1. The molecule has 362 valence electrons. The van der Waals surface area contributed by atoms with Gasteiger partial charge in [-0.25, -0.2) is 4.99 Å². The highest BCUT2D eigenvalue weighted by molar-refractivity contribution is 8.04. The van der Waals surface area contributed by atoms with E-state index >= 15 is 0 Å². The largest absolute Gasteiger partial charge is 0.473 e. The summed E-state index contributed by atoms with van der Waals surface area (Å²) in [5, 5.41) is 31.5. The standard InChI is InChI=1S/C6H4O2.3C6H8.C5H7N.C5H6O.C5H6S.4C3H4N2.C2H3N3/c7-5-1-2-6(8)4-3-5;6*1-2-4-6-5-3-1;2*1-2-5-3-4-1;3*1-2-4-5-3-1/h1-4H;2*1-2,5-6H,3-4H2;1-4H,5-6H2;2-6H,1H2;2*2-5H,1H2;1,3H,2H2;1-2H,3H2;2-3H,1H2;1-2H,3H2;1H,2H2. The van der Waals surface area contributed by atoms with E-state index in [1.807, 2.05) is 30.6 Å². The van der Waals surface area contributed by atoms with Gasteiger partial charge in [-0.3, -0.25) is 24.6 Å². The van der Waals surface area contributed by atoms with Crippen LogP contribution in [0.25, 0.3) is 0 Å². The van der Waals surface area contributed by atoms with Gasteiger partial charge in [0.05, 0.1) is 38.4 Å². The van der Waals surface area contributed by atoms with Crippen LogP contribution in [0.15, 0.2) is 238 Å². The van der Waals surface area contributed by atoms with Crippen LogP contribution in [0.1, 0.15) is 64.2 Å². The molecule has 8 heterocycles. The summed E-state index contributed by atoms with van der Waals surface area (Å²) >= 11 is 1.73. The lowest BCUT2D eigenvalue weighted by Crippen LogP contribution is -1.97. The minimum Gasteiger partial charge on any atom is -0.473 e. The normalized spacial score (nSPS) is 17.9. The van der Waals surface area contributed by atoms with Crippen LogP contribution in [-0.4, -0.2) is 81.5 Å². The van der Waals surface area contributed by atoms with Crippen LogP contribution < -0.4 is 5.32 Å². The Labute approximate surface area is 413 Å². The second kappa shape index (κ2) is 52.9. The molecule has 12 aliphatic rings. The lowest BCUT2D eigenvalue weighted by molar-refractivity contribution is -0.113. The molecule has 69 heavy (non-hydrogen) atoms. The minimum atomic E-state index is -0.121. The van der Waals surface area contributed by atoms with Crippen molar-refractivity contribution in [2.75, 3.05) is 26.3 Å². The molecule has 0 aromatic heterocycles. The number of ether oxygens (including phenoxy) is 1. The first-order chi connectivity index (χ1) is 34.3. The zero-order valence-corrected chi connectivity index (χ0v) is 40.1. The molecule has 1 N–H and O–H groups in total. The number of nitrogens with one attached hydrogen (secondary N) is 1. The summed E-state index contributed by atoms with van der Waals surface area (Å²) in [6.45, 7) is 2.86. The maximum Gasteiger partial charge on any atom is 0.178 e. The maximum absolute atomic E-state index is 10.3. The van der Waals surface area contributed by atoms with Crippen LogP contribution in [0.5, 0.6) is 0 Å². The zero-order chi connectivity index (χ0) is 49.1. The number of rotatable bonds is 0. The van der Waals surface area contributed by atoms with E-state index in [1.54, 1.807) is 74.1 Å². The SMILES string of the molecule is C1=CCC=CC1.C1=CCC=CC1.C1=CCCC=C1.C1=CN=NC1.C1=CNC=CC1.C1=COC=CC1.C1=CSC=CC1.C1=NC=NC1.C1=NCN=C1.C1=NN=CC1.C1=NN=NC1.O=C1C=CC(=O)C=C1. The summed E-state index contributed by atoms with van der Waals surface area (Å²) in [7, 11) is 0. The van der Waals surface area contributed by atoms with Gasteiger partial charge in [0, 0.05) is 43.7 Å². The lowest BCUT2D eigenvalue weighted by atomic mass is 10.2. The zero-order valence-electron chi connectivity index (χ0n) is 39.3. The number of azo groups is 1.